The number of hydrogen-bond acceptors (Lipinski definition) is 3. The van der Waals surface area contributed by atoms with Crippen LogP contribution in [0.1, 0.15) is 72.8 Å². The molecule has 4 rings (SSSR count). The summed E-state index contributed by atoms with van der Waals surface area (Å²) >= 11 is 0. The maximum atomic E-state index is 12.2. The van der Waals surface area contributed by atoms with Crippen molar-refractivity contribution in [1.29, 1.82) is 0 Å². The maximum absolute atomic E-state index is 12.2. The molecule has 2 heterocycles. The standard InChI is InChI=1S/C21H28N2O2/c1-3-25-21(24)20-13(2)19-16-11-15(14-7-5-4-6-8-14)9-10-17(16)23-18(19)12-22-20/h12,14-15,23H,3-11H2,1-2H3. The van der Waals surface area contributed by atoms with Crippen LogP contribution in [0.25, 0.3) is 10.9 Å². The lowest BCUT2D eigenvalue weighted by molar-refractivity contribution is 0.0519. The summed E-state index contributed by atoms with van der Waals surface area (Å²) in [5.74, 6) is 1.38. The minimum absolute atomic E-state index is 0.309. The predicted octanol–water partition coefficient (Wildman–Crippen LogP) is 4.73. The van der Waals surface area contributed by atoms with Crippen LogP contribution < -0.4 is 0 Å². The van der Waals surface area contributed by atoms with Crippen molar-refractivity contribution in [2.75, 3.05) is 6.61 Å². The van der Waals surface area contributed by atoms with E-state index in [1.807, 2.05) is 20.0 Å². The van der Waals surface area contributed by atoms with Crippen LogP contribution in [0.4, 0.5) is 0 Å². The summed E-state index contributed by atoms with van der Waals surface area (Å²) in [5.41, 5.74) is 5.30. The number of fused-ring (bicyclic) bond motifs is 3. The lowest BCUT2D eigenvalue weighted by Crippen LogP contribution is -2.24. The van der Waals surface area contributed by atoms with E-state index < -0.39 is 0 Å². The van der Waals surface area contributed by atoms with E-state index in [2.05, 4.69) is 9.97 Å². The number of pyridine rings is 1. The largest absolute Gasteiger partial charge is 0.461 e. The summed E-state index contributed by atoms with van der Waals surface area (Å²) in [7, 11) is 0. The van der Waals surface area contributed by atoms with Gasteiger partial charge in [0.1, 0.15) is 0 Å². The highest BCUT2D eigenvalue weighted by molar-refractivity contribution is 5.97. The number of ether oxygens (including phenoxy) is 1. The molecular weight excluding hydrogens is 312 g/mol. The van der Waals surface area contributed by atoms with Gasteiger partial charge in [0.2, 0.25) is 0 Å². The third-order valence-corrected chi connectivity index (χ3v) is 6.29. The average molecular weight is 340 g/mol. The van der Waals surface area contributed by atoms with Crippen molar-refractivity contribution >= 4 is 16.9 Å². The molecule has 2 aliphatic carbocycles. The number of esters is 1. The quantitative estimate of drug-likeness (QED) is 0.822. The first-order valence-corrected chi connectivity index (χ1v) is 9.85. The molecule has 4 nitrogen and oxygen atoms in total. The highest BCUT2D eigenvalue weighted by Gasteiger charge is 2.30. The second-order valence-corrected chi connectivity index (χ2v) is 7.72. The molecule has 1 saturated carbocycles. The fraction of sp³-hybridized carbons (Fsp3) is 0.619. The van der Waals surface area contributed by atoms with Gasteiger partial charge in [-0.15, -0.1) is 0 Å². The molecule has 2 aromatic rings. The summed E-state index contributed by atoms with van der Waals surface area (Å²) in [6.07, 6.45) is 12.4. The average Bonchev–Trinajstić information content (AvgIpc) is 3.01. The van der Waals surface area contributed by atoms with Crippen molar-refractivity contribution in [3.05, 3.63) is 28.7 Å². The van der Waals surface area contributed by atoms with Crippen molar-refractivity contribution in [2.45, 2.75) is 65.2 Å². The number of carbonyl (C=O) groups is 1. The highest BCUT2D eigenvalue weighted by atomic mass is 16.5. The molecule has 0 bridgehead atoms. The predicted molar refractivity (Wildman–Crippen MR) is 98.9 cm³/mol. The third kappa shape index (κ3) is 2.96. The summed E-state index contributed by atoms with van der Waals surface area (Å²) in [6, 6.07) is 0. The fourth-order valence-corrected chi connectivity index (χ4v) is 5.03. The SMILES string of the molecule is CCOC(=O)c1ncc2[nH]c3c(c2c1C)CC(C1CCCCC1)CC3. The van der Waals surface area contributed by atoms with E-state index in [1.54, 1.807) is 0 Å². The van der Waals surface area contributed by atoms with Crippen LogP contribution >= 0.6 is 0 Å². The Kier molecular flexibility index (Phi) is 4.53. The Bertz CT molecular complexity index is 787. The van der Waals surface area contributed by atoms with E-state index in [0.29, 0.717) is 12.3 Å². The molecule has 0 aliphatic heterocycles. The van der Waals surface area contributed by atoms with Gasteiger partial charge in [0, 0.05) is 11.1 Å². The molecule has 0 amide bonds. The van der Waals surface area contributed by atoms with Crippen LogP contribution in [-0.2, 0) is 17.6 Å². The van der Waals surface area contributed by atoms with Crippen LogP contribution in [-0.4, -0.2) is 22.5 Å². The zero-order chi connectivity index (χ0) is 17.4. The Morgan fingerprint density at radius 2 is 2.04 bits per heavy atom. The van der Waals surface area contributed by atoms with Gasteiger partial charge in [-0.3, -0.25) is 0 Å². The summed E-state index contributed by atoms with van der Waals surface area (Å²) in [6.45, 7) is 4.23. The van der Waals surface area contributed by atoms with Gasteiger partial charge in [-0.2, -0.15) is 0 Å². The highest BCUT2D eigenvalue weighted by Crippen LogP contribution is 2.40. The Morgan fingerprint density at radius 3 is 2.80 bits per heavy atom. The molecule has 0 spiro atoms. The third-order valence-electron chi connectivity index (χ3n) is 6.29. The minimum atomic E-state index is -0.309. The Morgan fingerprint density at radius 1 is 1.24 bits per heavy atom. The smallest absolute Gasteiger partial charge is 0.357 e. The van der Waals surface area contributed by atoms with Gasteiger partial charge in [-0.05, 0) is 56.1 Å². The summed E-state index contributed by atoms with van der Waals surface area (Å²) in [4.78, 5) is 20.2. The van der Waals surface area contributed by atoms with Gasteiger partial charge in [0.25, 0.3) is 0 Å². The van der Waals surface area contributed by atoms with Crippen molar-refractivity contribution in [3.8, 4) is 0 Å². The lowest BCUT2D eigenvalue weighted by Gasteiger charge is -2.33. The van der Waals surface area contributed by atoms with Crippen LogP contribution in [0.5, 0.6) is 0 Å². The molecule has 4 heteroatoms. The number of H-pyrrole nitrogens is 1. The molecule has 1 fully saturated rings. The number of aryl methyl sites for hydroxylation is 2. The van der Waals surface area contributed by atoms with E-state index in [-0.39, 0.29) is 5.97 Å². The van der Waals surface area contributed by atoms with Crippen LogP contribution in [0.3, 0.4) is 0 Å². The van der Waals surface area contributed by atoms with Crippen molar-refractivity contribution in [2.24, 2.45) is 11.8 Å². The van der Waals surface area contributed by atoms with Gasteiger partial charge in [-0.25, -0.2) is 9.78 Å². The van der Waals surface area contributed by atoms with Gasteiger partial charge in [0.05, 0.1) is 18.3 Å². The second-order valence-electron chi connectivity index (χ2n) is 7.72. The van der Waals surface area contributed by atoms with Gasteiger partial charge >= 0.3 is 5.97 Å². The molecule has 2 aromatic heterocycles. The van der Waals surface area contributed by atoms with Crippen LogP contribution in [0, 0.1) is 18.8 Å². The second kappa shape index (κ2) is 6.81. The summed E-state index contributed by atoms with van der Waals surface area (Å²) in [5, 5.41) is 1.22. The van der Waals surface area contributed by atoms with Gasteiger partial charge in [-0.1, -0.05) is 32.1 Å². The molecule has 1 N–H and O–H groups in total. The Labute approximate surface area is 149 Å². The van der Waals surface area contributed by atoms with E-state index in [4.69, 9.17) is 4.74 Å². The van der Waals surface area contributed by atoms with E-state index in [0.717, 1.165) is 35.8 Å². The minimum Gasteiger partial charge on any atom is -0.461 e. The molecule has 1 atom stereocenters. The number of carbonyl (C=O) groups excluding carboxylic acids is 1. The first-order valence-electron chi connectivity index (χ1n) is 9.85. The first kappa shape index (κ1) is 16.6. The van der Waals surface area contributed by atoms with E-state index >= 15 is 0 Å². The summed E-state index contributed by atoms with van der Waals surface area (Å²) < 4.78 is 5.18. The van der Waals surface area contributed by atoms with E-state index in [9.17, 15) is 4.79 Å². The molecule has 2 aliphatic rings. The number of nitrogens with one attached hydrogen (secondary N) is 1. The molecule has 1 unspecified atom stereocenters. The van der Waals surface area contributed by atoms with Crippen LogP contribution in [0.2, 0.25) is 0 Å². The number of nitrogens with zero attached hydrogens (tertiary/aromatic N) is 1. The number of rotatable bonds is 3. The molecular formula is C21H28N2O2. The molecule has 25 heavy (non-hydrogen) atoms. The van der Waals surface area contributed by atoms with Crippen LogP contribution in [0.15, 0.2) is 6.20 Å². The van der Waals surface area contributed by atoms with Crippen molar-refractivity contribution in [1.82, 2.24) is 9.97 Å². The van der Waals surface area contributed by atoms with Crippen molar-refractivity contribution in [3.63, 3.8) is 0 Å². The van der Waals surface area contributed by atoms with Crippen molar-refractivity contribution < 1.29 is 9.53 Å². The molecule has 0 saturated heterocycles. The topological polar surface area (TPSA) is 55.0 Å². The lowest BCUT2D eigenvalue weighted by atomic mass is 9.72. The van der Waals surface area contributed by atoms with Gasteiger partial charge < -0.3 is 9.72 Å². The Hall–Kier alpha value is -1.84. The number of aromatic amines is 1. The first-order chi connectivity index (χ1) is 12.2. The zero-order valence-corrected chi connectivity index (χ0v) is 15.4. The fourth-order valence-electron chi connectivity index (χ4n) is 5.03. The monoisotopic (exact) mass is 340 g/mol. The molecule has 0 aromatic carbocycles. The maximum Gasteiger partial charge on any atom is 0.357 e. The van der Waals surface area contributed by atoms with E-state index in [1.165, 1.54) is 55.2 Å². The molecule has 134 valence electrons. The number of hydrogen-bond donors (Lipinski definition) is 1. The normalized spacial score (nSPS) is 21.3. The zero-order valence-electron chi connectivity index (χ0n) is 15.4. The van der Waals surface area contributed by atoms with Gasteiger partial charge in [0.15, 0.2) is 5.69 Å². The Balaban J connectivity index is 1.70. The number of aromatic nitrogens is 2. The molecule has 0 radical (unpaired) electrons.